The summed E-state index contributed by atoms with van der Waals surface area (Å²) < 4.78 is 51.0. The molecule has 198 valence electrons. The van der Waals surface area contributed by atoms with E-state index < -0.39 is 69.8 Å². The molecule has 2 heterocycles. The molecule has 15 nitrogen and oxygen atoms in total. The molecule has 1 saturated heterocycles. The van der Waals surface area contributed by atoms with Crippen molar-refractivity contribution in [1.29, 1.82) is 0 Å². The van der Waals surface area contributed by atoms with Crippen LogP contribution in [0.15, 0.2) is 45.6 Å². The standard InChI is InChI=1S/C21H18O15S/c22-9-2-1-7(3-10(9)23)13-6-12(25)15-11(24)4-8(5-14(15)34-13)33-21-17(27)16(26)18(36-37(30,31)32)19(35-21)20(28)29/h1-6,16-19,21-24,26-27H,(H,28,29)(H,30,31,32)/t16-,17-,18+,19+,21-/m0/s1. The van der Waals surface area contributed by atoms with Gasteiger partial charge in [-0.15, -0.1) is 0 Å². The van der Waals surface area contributed by atoms with Gasteiger partial charge in [-0.25, -0.2) is 8.98 Å². The molecule has 0 bridgehead atoms. The van der Waals surface area contributed by atoms with Crippen LogP contribution >= 0.6 is 0 Å². The Bertz CT molecular complexity index is 1530. The van der Waals surface area contributed by atoms with E-state index >= 15 is 0 Å². The highest BCUT2D eigenvalue weighted by molar-refractivity contribution is 7.80. The van der Waals surface area contributed by atoms with Gasteiger partial charge in [0, 0.05) is 23.8 Å². The average molecular weight is 542 g/mol. The van der Waals surface area contributed by atoms with E-state index in [1.807, 2.05) is 0 Å². The first-order valence-electron chi connectivity index (χ1n) is 10.1. The van der Waals surface area contributed by atoms with Crippen molar-refractivity contribution in [2.24, 2.45) is 0 Å². The molecule has 1 aliphatic rings. The molecule has 2 aromatic carbocycles. The molecule has 1 aromatic heterocycles. The lowest BCUT2D eigenvalue weighted by atomic mass is 9.99. The second-order valence-electron chi connectivity index (χ2n) is 7.84. The van der Waals surface area contributed by atoms with Crippen LogP contribution < -0.4 is 10.2 Å². The lowest BCUT2D eigenvalue weighted by molar-refractivity contribution is -0.266. The number of phenolic OH excluding ortho intramolecular Hbond substituents is 3. The van der Waals surface area contributed by atoms with E-state index in [9.17, 15) is 48.6 Å². The summed E-state index contributed by atoms with van der Waals surface area (Å²) in [7, 11) is -5.25. The smallest absolute Gasteiger partial charge is 0.397 e. The molecule has 1 aliphatic heterocycles. The summed E-state index contributed by atoms with van der Waals surface area (Å²) in [5, 5.41) is 59.1. The fourth-order valence-electron chi connectivity index (χ4n) is 3.65. The van der Waals surface area contributed by atoms with Gasteiger partial charge in [-0.3, -0.25) is 9.35 Å². The number of hydrogen-bond acceptors (Lipinski definition) is 13. The van der Waals surface area contributed by atoms with Crippen molar-refractivity contribution in [2.75, 3.05) is 0 Å². The number of benzene rings is 2. The molecule has 5 atom stereocenters. The number of aliphatic carboxylic acids is 1. The number of fused-ring (bicyclic) bond motifs is 1. The zero-order chi connectivity index (χ0) is 27.2. The van der Waals surface area contributed by atoms with E-state index in [4.69, 9.17) is 18.4 Å². The lowest BCUT2D eigenvalue weighted by Gasteiger charge is -2.39. The second-order valence-corrected chi connectivity index (χ2v) is 8.89. The Morgan fingerprint density at radius 3 is 2.27 bits per heavy atom. The maximum atomic E-state index is 12.6. The molecule has 7 N–H and O–H groups in total. The van der Waals surface area contributed by atoms with Gasteiger partial charge < -0.3 is 44.5 Å². The van der Waals surface area contributed by atoms with Gasteiger partial charge >= 0.3 is 16.4 Å². The Morgan fingerprint density at radius 1 is 0.946 bits per heavy atom. The third-order valence-electron chi connectivity index (χ3n) is 5.32. The van der Waals surface area contributed by atoms with Gasteiger partial charge in [0.25, 0.3) is 0 Å². The fourth-order valence-corrected chi connectivity index (χ4v) is 4.14. The predicted molar refractivity (Wildman–Crippen MR) is 118 cm³/mol. The third-order valence-corrected chi connectivity index (χ3v) is 5.78. The number of rotatable bonds is 6. The van der Waals surface area contributed by atoms with E-state index in [1.165, 1.54) is 6.07 Å². The van der Waals surface area contributed by atoms with Crippen molar-refractivity contribution in [1.82, 2.24) is 0 Å². The maximum Gasteiger partial charge on any atom is 0.397 e. The summed E-state index contributed by atoms with van der Waals surface area (Å²) >= 11 is 0. The molecule has 0 aliphatic carbocycles. The van der Waals surface area contributed by atoms with Gasteiger partial charge in [0.15, 0.2) is 23.0 Å². The quantitative estimate of drug-likeness (QED) is 0.156. The van der Waals surface area contributed by atoms with Crippen molar-refractivity contribution < 1.29 is 66.5 Å². The van der Waals surface area contributed by atoms with Crippen LogP contribution in [0.25, 0.3) is 22.3 Å². The van der Waals surface area contributed by atoms with Crippen molar-refractivity contribution in [2.45, 2.75) is 30.7 Å². The van der Waals surface area contributed by atoms with Crippen molar-refractivity contribution >= 4 is 27.3 Å². The minimum absolute atomic E-state index is 0.0788. The summed E-state index contributed by atoms with van der Waals surface area (Å²) in [6.45, 7) is 0. The highest BCUT2D eigenvalue weighted by Crippen LogP contribution is 2.35. The van der Waals surface area contributed by atoms with Crippen LogP contribution in [0.4, 0.5) is 0 Å². The molecule has 1 fully saturated rings. The second kappa shape index (κ2) is 9.51. The number of hydrogen-bond donors (Lipinski definition) is 7. The Balaban J connectivity index is 1.69. The Kier molecular flexibility index (Phi) is 6.72. The molecule has 0 unspecified atom stereocenters. The van der Waals surface area contributed by atoms with Crippen molar-refractivity contribution in [3.05, 3.63) is 46.6 Å². The molecule has 0 radical (unpaired) electrons. The molecule has 4 rings (SSSR count). The van der Waals surface area contributed by atoms with Crippen LogP contribution in [0.3, 0.4) is 0 Å². The predicted octanol–water partition coefficient (Wildman–Crippen LogP) is -0.325. The molecule has 0 spiro atoms. The number of aliphatic hydroxyl groups excluding tert-OH is 2. The average Bonchev–Trinajstić information content (AvgIpc) is 2.79. The zero-order valence-electron chi connectivity index (χ0n) is 18.2. The summed E-state index contributed by atoms with van der Waals surface area (Å²) in [5.74, 6) is -3.81. The number of aliphatic hydroxyl groups is 2. The molecule has 0 saturated carbocycles. The van der Waals surface area contributed by atoms with E-state index in [0.29, 0.717) is 0 Å². The fraction of sp³-hybridized carbons (Fsp3) is 0.238. The molecular weight excluding hydrogens is 524 g/mol. The van der Waals surface area contributed by atoms with E-state index in [1.54, 1.807) is 0 Å². The Hall–Kier alpha value is -3.93. The monoisotopic (exact) mass is 542 g/mol. The van der Waals surface area contributed by atoms with Crippen LogP contribution in [0, 0.1) is 0 Å². The van der Waals surface area contributed by atoms with E-state index in [-0.39, 0.29) is 28.0 Å². The number of ether oxygens (including phenoxy) is 2. The van der Waals surface area contributed by atoms with Crippen LogP contribution in [0.1, 0.15) is 0 Å². The third kappa shape index (κ3) is 5.29. The van der Waals surface area contributed by atoms with Crippen molar-refractivity contribution in [3.63, 3.8) is 0 Å². The van der Waals surface area contributed by atoms with Gasteiger partial charge in [-0.2, -0.15) is 8.42 Å². The highest BCUT2D eigenvalue weighted by atomic mass is 32.3. The first kappa shape index (κ1) is 26.1. The normalized spacial score (nSPS) is 24.1. The number of carboxylic acids is 1. The summed E-state index contributed by atoms with van der Waals surface area (Å²) in [6, 6.07) is 6.60. The molecular formula is C21H18O15S. The molecule has 3 aromatic rings. The number of aromatic hydroxyl groups is 3. The first-order valence-corrected chi connectivity index (χ1v) is 11.5. The number of carbonyl (C=O) groups is 1. The maximum absolute atomic E-state index is 12.6. The summed E-state index contributed by atoms with van der Waals surface area (Å²) in [6.07, 6.45) is -10.8. The van der Waals surface area contributed by atoms with E-state index in [0.717, 1.165) is 30.3 Å². The van der Waals surface area contributed by atoms with E-state index in [2.05, 4.69) is 4.18 Å². The van der Waals surface area contributed by atoms with Gasteiger partial charge in [0.1, 0.15) is 46.5 Å². The SMILES string of the molecule is O=C(O)[C@@H]1O[C@H](Oc2cc(O)c3c(=O)cc(-c4ccc(O)c(O)c4)oc3c2)[C@@H](O)[C@H](O)[C@H]1OS(=O)(=O)O. The van der Waals surface area contributed by atoms with Gasteiger partial charge in [-0.05, 0) is 18.2 Å². The first-order chi connectivity index (χ1) is 17.2. The van der Waals surface area contributed by atoms with Crippen LogP contribution in [-0.2, 0) is 24.1 Å². The summed E-state index contributed by atoms with van der Waals surface area (Å²) in [4.78, 5) is 24.1. The minimum atomic E-state index is -5.25. The van der Waals surface area contributed by atoms with Crippen molar-refractivity contribution in [3.8, 4) is 34.3 Å². The minimum Gasteiger partial charge on any atom is -0.507 e. The summed E-state index contributed by atoms with van der Waals surface area (Å²) in [5.41, 5.74) is -0.768. The Morgan fingerprint density at radius 2 is 1.65 bits per heavy atom. The zero-order valence-corrected chi connectivity index (χ0v) is 19.0. The van der Waals surface area contributed by atoms with Crippen LogP contribution in [0.5, 0.6) is 23.0 Å². The lowest BCUT2D eigenvalue weighted by Crippen LogP contribution is -2.62. The largest absolute Gasteiger partial charge is 0.507 e. The number of carboxylic acid groups (broad SMARTS) is 1. The highest BCUT2D eigenvalue weighted by Gasteiger charge is 2.51. The topological polar surface area (TPSA) is 251 Å². The molecule has 16 heteroatoms. The van der Waals surface area contributed by atoms with Gasteiger partial charge in [0.05, 0.1) is 0 Å². The molecule has 37 heavy (non-hydrogen) atoms. The number of phenols is 3. The van der Waals surface area contributed by atoms with Crippen LogP contribution in [-0.4, -0.2) is 80.3 Å². The van der Waals surface area contributed by atoms with Gasteiger partial charge in [-0.1, -0.05) is 0 Å². The van der Waals surface area contributed by atoms with Gasteiger partial charge in [0.2, 0.25) is 6.29 Å². The van der Waals surface area contributed by atoms with Crippen LogP contribution in [0.2, 0.25) is 0 Å². The molecule has 0 amide bonds. The Labute approximate surface area is 205 Å².